The maximum atomic E-state index is 10.2. The standard InChI is InChI=1S/C10H17N3O/c1-13-6-9(12-8-13)5-10(14)3-2-4-11-7-10/h6,8,11,14H,2-5,7H2,1H3. The molecule has 4 nitrogen and oxygen atoms in total. The fourth-order valence-corrected chi connectivity index (χ4v) is 2.00. The molecule has 0 saturated carbocycles. The van der Waals surface area contributed by atoms with Gasteiger partial charge in [-0.15, -0.1) is 0 Å². The Balaban J connectivity index is 2.01. The Kier molecular flexibility index (Phi) is 2.56. The summed E-state index contributed by atoms with van der Waals surface area (Å²) in [4.78, 5) is 4.23. The largest absolute Gasteiger partial charge is 0.388 e. The highest BCUT2D eigenvalue weighted by Crippen LogP contribution is 2.20. The molecule has 2 rings (SSSR count). The molecule has 1 aromatic heterocycles. The number of aryl methyl sites for hydroxylation is 1. The molecule has 4 heteroatoms. The van der Waals surface area contributed by atoms with Crippen molar-refractivity contribution in [3.63, 3.8) is 0 Å². The molecule has 1 aliphatic heterocycles. The van der Waals surface area contributed by atoms with E-state index in [-0.39, 0.29) is 0 Å². The van der Waals surface area contributed by atoms with Gasteiger partial charge in [0, 0.05) is 26.2 Å². The Morgan fingerprint density at radius 3 is 3.14 bits per heavy atom. The Hall–Kier alpha value is -0.870. The van der Waals surface area contributed by atoms with Gasteiger partial charge < -0.3 is 15.0 Å². The molecule has 0 bridgehead atoms. The second kappa shape index (κ2) is 3.71. The van der Waals surface area contributed by atoms with Gasteiger partial charge in [0.1, 0.15) is 0 Å². The first-order valence-corrected chi connectivity index (χ1v) is 5.08. The Morgan fingerprint density at radius 2 is 2.57 bits per heavy atom. The van der Waals surface area contributed by atoms with Gasteiger partial charge in [-0.05, 0) is 19.4 Å². The first-order valence-electron chi connectivity index (χ1n) is 5.08. The number of hydrogen-bond acceptors (Lipinski definition) is 3. The van der Waals surface area contributed by atoms with E-state index in [9.17, 15) is 5.11 Å². The third-order valence-electron chi connectivity index (χ3n) is 2.72. The van der Waals surface area contributed by atoms with Crippen LogP contribution >= 0.6 is 0 Å². The van der Waals surface area contributed by atoms with E-state index < -0.39 is 5.60 Å². The third kappa shape index (κ3) is 2.13. The zero-order valence-corrected chi connectivity index (χ0v) is 8.53. The van der Waals surface area contributed by atoms with Crippen molar-refractivity contribution in [3.05, 3.63) is 18.2 Å². The van der Waals surface area contributed by atoms with Crippen LogP contribution in [-0.4, -0.2) is 33.3 Å². The van der Waals surface area contributed by atoms with E-state index in [2.05, 4.69) is 10.3 Å². The highest BCUT2D eigenvalue weighted by molar-refractivity contribution is 5.03. The number of aliphatic hydroxyl groups is 1. The van der Waals surface area contributed by atoms with E-state index in [0.29, 0.717) is 13.0 Å². The highest BCUT2D eigenvalue weighted by Gasteiger charge is 2.29. The number of nitrogens with zero attached hydrogens (tertiary/aromatic N) is 2. The summed E-state index contributed by atoms with van der Waals surface area (Å²) in [6.07, 6.45) is 6.31. The van der Waals surface area contributed by atoms with Gasteiger partial charge in [-0.2, -0.15) is 0 Å². The monoisotopic (exact) mass is 195 g/mol. The van der Waals surface area contributed by atoms with Crippen LogP contribution in [0.1, 0.15) is 18.5 Å². The number of β-amino-alcohol motifs (C(OH)–C–C–N with tert-alkyl or cyclic N) is 1. The Labute approximate surface area is 84.0 Å². The molecule has 1 aromatic rings. The summed E-state index contributed by atoms with van der Waals surface area (Å²) in [6, 6.07) is 0. The number of hydrogen-bond donors (Lipinski definition) is 2. The fourth-order valence-electron chi connectivity index (χ4n) is 2.00. The van der Waals surface area contributed by atoms with E-state index in [4.69, 9.17) is 0 Å². The average Bonchev–Trinajstić information content (AvgIpc) is 2.51. The van der Waals surface area contributed by atoms with E-state index in [1.54, 1.807) is 6.33 Å². The van der Waals surface area contributed by atoms with Crippen LogP contribution in [0.2, 0.25) is 0 Å². The molecule has 0 amide bonds. The van der Waals surface area contributed by atoms with Crippen molar-refractivity contribution in [3.8, 4) is 0 Å². The smallest absolute Gasteiger partial charge is 0.0946 e. The number of aromatic nitrogens is 2. The summed E-state index contributed by atoms with van der Waals surface area (Å²) >= 11 is 0. The van der Waals surface area contributed by atoms with Crippen LogP contribution in [0.15, 0.2) is 12.5 Å². The number of piperidine rings is 1. The maximum absolute atomic E-state index is 10.2. The van der Waals surface area contributed by atoms with E-state index in [1.807, 2.05) is 17.8 Å². The van der Waals surface area contributed by atoms with Crippen LogP contribution in [0.3, 0.4) is 0 Å². The molecule has 1 unspecified atom stereocenters. The molecule has 0 spiro atoms. The minimum Gasteiger partial charge on any atom is -0.388 e. The molecule has 1 aliphatic rings. The molecular weight excluding hydrogens is 178 g/mol. The predicted octanol–water partition coefficient (Wildman–Crippen LogP) is 0.0771. The molecule has 1 atom stereocenters. The van der Waals surface area contributed by atoms with Crippen LogP contribution in [0.4, 0.5) is 0 Å². The van der Waals surface area contributed by atoms with Gasteiger partial charge in [-0.25, -0.2) is 4.98 Å². The normalized spacial score (nSPS) is 27.9. The SMILES string of the molecule is Cn1cnc(CC2(O)CCCNC2)c1. The number of nitrogens with one attached hydrogen (secondary N) is 1. The summed E-state index contributed by atoms with van der Waals surface area (Å²) in [7, 11) is 1.94. The quantitative estimate of drug-likeness (QED) is 0.702. The van der Waals surface area contributed by atoms with Crippen LogP contribution in [0.25, 0.3) is 0 Å². The topological polar surface area (TPSA) is 50.1 Å². The van der Waals surface area contributed by atoms with Crippen molar-refractivity contribution >= 4 is 0 Å². The van der Waals surface area contributed by atoms with Crippen LogP contribution in [0.5, 0.6) is 0 Å². The summed E-state index contributed by atoms with van der Waals surface area (Å²) in [5.74, 6) is 0. The van der Waals surface area contributed by atoms with Crippen molar-refractivity contribution in [2.75, 3.05) is 13.1 Å². The van der Waals surface area contributed by atoms with Crippen LogP contribution in [0, 0.1) is 0 Å². The lowest BCUT2D eigenvalue weighted by molar-refractivity contribution is 0.0162. The lowest BCUT2D eigenvalue weighted by Crippen LogP contribution is -2.47. The van der Waals surface area contributed by atoms with E-state index >= 15 is 0 Å². The zero-order chi connectivity index (χ0) is 10.0. The molecule has 0 aromatic carbocycles. The van der Waals surface area contributed by atoms with Gasteiger partial charge >= 0.3 is 0 Å². The molecule has 78 valence electrons. The summed E-state index contributed by atoms with van der Waals surface area (Å²) < 4.78 is 1.91. The minimum atomic E-state index is -0.591. The number of rotatable bonds is 2. The molecule has 1 saturated heterocycles. The van der Waals surface area contributed by atoms with Gasteiger partial charge in [0.15, 0.2) is 0 Å². The highest BCUT2D eigenvalue weighted by atomic mass is 16.3. The second-order valence-electron chi connectivity index (χ2n) is 4.21. The first-order chi connectivity index (χ1) is 6.68. The van der Waals surface area contributed by atoms with Gasteiger partial charge in [0.05, 0.1) is 17.6 Å². The van der Waals surface area contributed by atoms with Crippen molar-refractivity contribution < 1.29 is 5.11 Å². The summed E-state index contributed by atoms with van der Waals surface area (Å²) in [5, 5.41) is 13.4. The second-order valence-corrected chi connectivity index (χ2v) is 4.21. The molecule has 0 radical (unpaired) electrons. The lowest BCUT2D eigenvalue weighted by Gasteiger charge is -2.32. The van der Waals surface area contributed by atoms with Crippen LogP contribution in [-0.2, 0) is 13.5 Å². The van der Waals surface area contributed by atoms with Crippen molar-refractivity contribution in [1.29, 1.82) is 0 Å². The number of imidazole rings is 1. The average molecular weight is 195 g/mol. The first kappa shape index (κ1) is 9.68. The van der Waals surface area contributed by atoms with Crippen molar-refractivity contribution in [1.82, 2.24) is 14.9 Å². The zero-order valence-electron chi connectivity index (χ0n) is 8.53. The third-order valence-corrected chi connectivity index (χ3v) is 2.72. The Bertz CT molecular complexity index is 302. The van der Waals surface area contributed by atoms with Gasteiger partial charge in [-0.1, -0.05) is 0 Å². The molecule has 1 fully saturated rings. The molecule has 2 N–H and O–H groups in total. The molecule has 0 aliphatic carbocycles. The summed E-state index contributed by atoms with van der Waals surface area (Å²) in [5.41, 5.74) is 0.380. The maximum Gasteiger partial charge on any atom is 0.0946 e. The van der Waals surface area contributed by atoms with Crippen molar-refractivity contribution in [2.45, 2.75) is 24.9 Å². The summed E-state index contributed by atoms with van der Waals surface area (Å²) in [6.45, 7) is 1.70. The molecule has 2 heterocycles. The molecule has 14 heavy (non-hydrogen) atoms. The fraction of sp³-hybridized carbons (Fsp3) is 0.700. The van der Waals surface area contributed by atoms with Crippen molar-refractivity contribution in [2.24, 2.45) is 7.05 Å². The van der Waals surface area contributed by atoms with Gasteiger partial charge in [0.25, 0.3) is 0 Å². The van der Waals surface area contributed by atoms with E-state index in [1.165, 1.54) is 0 Å². The van der Waals surface area contributed by atoms with Gasteiger partial charge in [0.2, 0.25) is 0 Å². The molecular formula is C10H17N3O. The predicted molar refractivity (Wildman–Crippen MR) is 54.0 cm³/mol. The van der Waals surface area contributed by atoms with Gasteiger partial charge in [-0.3, -0.25) is 0 Å². The minimum absolute atomic E-state index is 0.591. The Morgan fingerprint density at radius 1 is 1.71 bits per heavy atom. The van der Waals surface area contributed by atoms with Crippen LogP contribution < -0.4 is 5.32 Å². The van der Waals surface area contributed by atoms with E-state index in [0.717, 1.165) is 25.1 Å². The lowest BCUT2D eigenvalue weighted by atomic mass is 9.90.